The number of Topliss-reactive ketones (excluding diaryl/α,β-unsaturated/α-hetero) is 1. The molecule has 0 bridgehead atoms. The Labute approximate surface area is 89.4 Å². The van der Waals surface area contributed by atoms with Crippen LogP contribution in [-0.2, 0) is 11.2 Å². The van der Waals surface area contributed by atoms with Crippen molar-refractivity contribution in [2.45, 2.75) is 19.8 Å². The van der Waals surface area contributed by atoms with Gasteiger partial charge < -0.3 is 0 Å². The van der Waals surface area contributed by atoms with Gasteiger partial charge in [0.15, 0.2) is 5.78 Å². The smallest absolute Gasteiger partial charge is 0.158 e. The molecule has 0 amide bonds. The normalized spacial score (nSPS) is 9.86. The third-order valence-corrected chi connectivity index (χ3v) is 2.28. The Balaban J connectivity index is 2.50. The average Bonchev–Trinajstić information content (AvgIpc) is 2.16. The van der Waals surface area contributed by atoms with E-state index in [0.717, 1.165) is 17.0 Å². The van der Waals surface area contributed by atoms with Gasteiger partial charge in [-0.1, -0.05) is 30.3 Å². The molecule has 0 saturated carbocycles. The minimum absolute atomic E-state index is 0.125. The molecule has 0 radical (unpaired) electrons. The summed E-state index contributed by atoms with van der Waals surface area (Å²) in [6.45, 7) is 5.35. The molecular weight excluding hydrogens is 196 g/mol. The second-order valence-corrected chi connectivity index (χ2v) is 3.77. The third-order valence-electron chi connectivity index (χ3n) is 2.03. The van der Waals surface area contributed by atoms with E-state index in [0.29, 0.717) is 12.0 Å². The summed E-state index contributed by atoms with van der Waals surface area (Å²) in [5.41, 5.74) is 1.75. The fourth-order valence-corrected chi connectivity index (χ4v) is 1.25. The number of carbonyl (C=O) groups excluding carboxylic acids is 1. The van der Waals surface area contributed by atoms with E-state index in [9.17, 15) is 4.79 Å². The number of ketones is 1. The SMILES string of the molecule is C=C(C)C(=O)CCc1ccc(Cl)cc1. The lowest BCUT2D eigenvalue weighted by molar-refractivity contribution is -0.115. The zero-order valence-electron chi connectivity index (χ0n) is 8.22. The molecule has 74 valence electrons. The van der Waals surface area contributed by atoms with Crippen molar-refractivity contribution in [1.29, 1.82) is 0 Å². The molecule has 0 spiro atoms. The maximum Gasteiger partial charge on any atom is 0.158 e. The van der Waals surface area contributed by atoms with Gasteiger partial charge in [-0.3, -0.25) is 4.79 Å². The third kappa shape index (κ3) is 3.35. The van der Waals surface area contributed by atoms with E-state index in [4.69, 9.17) is 11.6 Å². The Morgan fingerprint density at radius 1 is 1.36 bits per heavy atom. The molecule has 1 aromatic carbocycles. The molecule has 1 nitrogen and oxygen atoms in total. The van der Waals surface area contributed by atoms with Gasteiger partial charge in [-0.05, 0) is 36.6 Å². The van der Waals surface area contributed by atoms with Crippen molar-refractivity contribution in [3.05, 3.63) is 47.0 Å². The number of rotatable bonds is 4. The van der Waals surface area contributed by atoms with E-state index < -0.39 is 0 Å². The minimum atomic E-state index is 0.125. The lowest BCUT2D eigenvalue weighted by Gasteiger charge is -2.00. The highest BCUT2D eigenvalue weighted by molar-refractivity contribution is 6.30. The van der Waals surface area contributed by atoms with E-state index in [1.165, 1.54) is 0 Å². The minimum Gasteiger partial charge on any atom is -0.295 e. The number of halogens is 1. The average molecular weight is 209 g/mol. The van der Waals surface area contributed by atoms with Crippen LogP contribution in [-0.4, -0.2) is 5.78 Å². The monoisotopic (exact) mass is 208 g/mol. The summed E-state index contributed by atoms with van der Waals surface area (Å²) in [6.07, 6.45) is 1.28. The Kier molecular flexibility index (Phi) is 3.90. The van der Waals surface area contributed by atoms with Crippen LogP contribution >= 0.6 is 11.6 Å². The largest absolute Gasteiger partial charge is 0.295 e. The number of aryl methyl sites for hydroxylation is 1. The van der Waals surface area contributed by atoms with Gasteiger partial charge in [0.25, 0.3) is 0 Å². The molecule has 0 aliphatic heterocycles. The van der Waals surface area contributed by atoms with Crippen molar-refractivity contribution in [3.8, 4) is 0 Å². The molecule has 0 aliphatic carbocycles. The van der Waals surface area contributed by atoms with Crippen LogP contribution in [0.3, 0.4) is 0 Å². The van der Waals surface area contributed by atoms with Crippen molar-refractivity contribution in [2.24, 2.45) is 0 Å². The first kappa shape index (κ1) is 11.0. The van der Waals surface area contributed by atoms with Crippen molar-refractivity contribution in [2.75, 3.05) is 0 Å². The molecule has 0 aliphatic rings. The molecule has 0 fully saturated rings. The highest BCUT2D eigenvalue weighted by Gasteiger charge is 2.02. The fraction of sp³-hybridized carbons (Fsp3) is 0.250. The molecule has 14 heavy (non-hydrogen) atoms. The van der Waals surface area contributed by atoms with Crippen LogP contribution < -0.4 is 0 Å². The summed E-state index contributed by atoms with van der Waals surface area (Å²) >= 11 is 5.74. The van der Waals surface area contributed by atoms with Gasteiger partial charge in [0.05, 0.1) is 0 Å². The molecular formula is C12H13ClO. The first-order chi connectivity index (χ1) is 6.59. The quantitative estimate of drug-likeness (QED) is 0.693. The van der Waals surface area contributed by atoms with Crippen LogP contribution in [0.5, 0.6) is 0 Å². The number of carbonyl (C=O) groups is 1. The second kappa shape index (κ2) is 4.97. The van der Waals surface area contributed by atoms with Crippen molar-refractivity contribution >= 4 is 17.4 Å². The van der Waals surface area contributed by atoms with Gasteiger partial charge in [0.1, 0.15) is 0 Å². The summed E-state index contributed by atoms with van der Waals surface area (Å²) in [4.78, 5) is 11.3. The van der Waals surface area contributed by atoms with Gasteiger partial charge in [0, 0.05) is 11.4 Å². The number of hydrogen-bond donors (Lipinski definition) is 0. The Hall–Kier alpha value is -1.08. The van der Waals surface area contributed by atoms with E-state index in [-0.39, 0.29) is 5.78 Å². The zero-order chi connectivity index (χ0) is 10.6. The number of benzene rings is 1. The van der Waals surface area contributed by atoms with Crippen molar-refractivity contribution in [3.63, 3.8) is 0 Å². The summed E-state index contributed by atoms with van der Waals surface area (Å²) in [6, 6.07) is 7.55. The molecule has 0 unspecified atom stereocenters. The lowest BCUT2D eigenvalue weighted by atomic mass is 10.0. The van der Waals surface area contributed by atoms with E-state index >= 15 is 0 Å². The van der Waals surface area contributed by atoms with Crippen LogP contribution in [0.25, 0.3) is 0 Å². The molecule has 0 atom stereocenters. The Morgan fingerprint density at radius 3 is 2.43 bits per heavy atom. The van der Waals surface area contributed by atoms with Crippen LogP contribution in [0.2, 0.25) is 5.02 Å². The summed E-state index contributed by atoms with van der Waals surface area (Å²) in [5, 5.41) is 0.722. The fourth-order valence-electron chi connectivity index (χ4n) is 1.12. The van der Waals surface area contributed by atoms with Crippen LogP contribution in [0.4, 0.5) is 0 Å². The van der Waals surface area contributed by atoms with Gasteiger partial charge in [-0.2, -0.15) is 0 Å². The first-order valence-electron chi connectivity index (χ1n) is 4.53. The van der Waals surface area contributed by atoms with E-state index in [1.54, 1.807) is 6.92 Å². The van der Waals surface area contributed by atoms with Crippen LogP contribution in [0.1, 0.15) is 18.9 Å². The second-order valence-electron chi connectivity index (χ2n) is 3.33. The van der Waals surface area contributed by atoms with E-state index in [1.807, 2.05) is 24.3 Å². The first-order valence-corrected chi connectivity index (χ1v) is 4.90. The highest BCUT2D eigenvalue weighted by atomic mass is 35.5. The molecule has 1 rings (SSSR count). The highest BCUT2D eigenvalue weighted by Crippen LogP contribution is 2.11. The maximum absolute atomic E-state index is 11.3. The predicted molar refractivity (Wildman–Crippen MR) is 59.6 cm³/mol. The molecule has 0 N–H and O–H groups in total. The molecule has 0 aromatic heterocycles. The zero-order valence-corrected chi connectivity index (χ0v) is 8.97. The van der Waals surface area contributed by atoms with Gasteiger partial charge in [0.2, 0.25) is 0 Å². The summed E-state index contributed by atoms with van der Waals surface area (Å²) in [7, 11) is 0. The van der Waals surface area contributed by atoms with Crippen molar-refractivity contribution in [1.82, 2.24) is 0 Å². The molecule has 0 saturated heterocycles. The molecule has 1 aromatic rings. The predicted octanol–water partition coefficient (Wildman–Crippen LogP) is 3.42. The lowest BCUT2D eigenvalue weighted by Crippen LogP contribution is -2.00. The molecule has 2 heteroatoms. The van der Waals surface area contributed by atoms with Crippen molar-refractivity contribution < 1.29 is 4.79 Å². The maximum atomic E-state index is 11.3. The van der Waals surface area contributed by atoms with Gasteiger partial charge in [-0.25, -0.2) is 0 Å². The van der Waals surface area contributed by atoms with E-state index in [2.05, 4.69) is 6.58 Å². The number of allylic oxidation sites excluding steroid dienone is 1. The standard InChI is InChI=1S/C12H13ClO/c1-9(2)12(14)8-5-10-3-6-11(13)7-4-10/h3-4,6-7H,1,5,8H2,2H3. The Morgan fingerprint density at radius 2 is 1.93 bits per heavy atom. The Bertz CT molecular complexity index is 338. The van der Waals surface area contributed by atoms with Crippen LogP contribution in [0.15, 0.2) is 36.4 Å². The topological polar surface area (TPSA) is 17.1 Å². The van der Waals surface area contributed by atoms with Gasteiger partial charge in [-0.15, -0.1) is 0 Å². The molecule has 0 heterocycles. The summed E-state index contributed by atoms with van der Waals surface area (Å²) in [5.74, 6) is 0.125. The van der Waals surface area contributed by atoms with Gasteiger partial charge >= 0.3 is 0 Å². The summed E-state index contributed by atoms with van der Waals surface area (Å²) < 4.78 is 0. The van der Waals surface area contributed by atoms with Crippen LogP contribution in [0, 0.1) is 0 Å². The number of hydrogen-bond acceptors (Lipinski definition) is 1.